The number of thiocarbonyl (C=S) groups is 1. The predicted molar refractivity (Wildman–Crippen MR) is 76.2 cm³/mol. The van der Waals surface area contributed by atoms with Crippen LogP contribution in [0.15, 0.2) is 10.5 Å². The van der Waals surface area contributed by atoms with Crippen molar-refractivity contribution in [2.45, 2.75) is 20.3 Å². The van der Waals surface area contributed by atoms with E-state index in [0.717, 1.165) is 23.1 Å². The molecular weight excluding hydrogens is 310 g/mol. The number of aryl methyl sites for hydroxylation is 1. The van der Waals surface area contributed by atoms with Gasteiger partial charge >= 0.3 is 0 Å². The third-order valence-electron chi connectivity index (χ3n) is 1.87. The molecule has 6 heteroatoms. The SMILES string of the molecule is CCCNC(=S)Nc1nc(C)c(Cl)cc1Br. The van der Waals surface area contributed by atoms with Gasteiger partial charge in [0.1, 0.15) is 5.82 Å². The molecule has 0 aromatic carbocycles. The predicted octanol–water partition coefficient (Wildman–Crippen LogP) is 3.50. The Morgan fingerprint density at radius 1 is 1.62 bits per heavy atom. The van der Waals surface area contributed by atoms with Crippen LogP contribution in [0.3, 0.4) is 0 Å². The van der Waals surface area contributed by atoms with E-state index in [-0.39, 0.29) is 0 Å². The number of aromatic nitrogens is 1. The fourth-order valence-corrected chi connectivity index (χ4v) is 1.94. The second-order valence-electron chi connectivity index (χ2n) is 3.27. The summed E-state index contributed by atoms with van der Waals surface area (Å²) in [5, 5.41) is 7.28. The zero-order chi connectivity index (χ0) is 12.1. The van der Waals surface area contributed by atoms with Crippen LogP contribution in [0.2, 0.25) is 5.02 Å². The molecule has 1 heterocycles. The number of hydrogen-bond donors (Lipinski definition) is 2. The molecule has 1 aromatic heterocycles. The minimum Gasteiger partial charge on any atom is -0.362 e. The molecule has 16 heavy (non-hydrogen) atoms. The first kappa shape index (κ1) is 13.7. The molecule has 2 N–H and O–H groups in total. The highest BCUT2D eigenvalue weighted by atomic mass is 79.9. The molecular formula is C10H13BrClN3S. The molecule has 0 saturated carbocycles. The van der Waals surface area contributed by atoms with Crippen molar-refractivity contribution in [1.29, 1.82) is 0 Å². The highest BCUT2D eigenvalue weighted by Crippen LogP contribution is 2.25. The number of nitrogens with one attached hydrogen (secondary N) is 2. The lowest BCUT2D eigenvalue weighted by Crippen LogP contribution is -2.29. The molecule has 0 aliphatic carbocycles. The number of hydrogen-bond acceptors (Lipinski definition) is 2. The first-order valence-electron chi connectivity index (χ1n) is 4.92. The lowest BCUT2D eigenvalue weighted by atomic mass is 10.3. The molecule has 1 aromatic rings. The molecule has 0 unspecified atom stereocenters. The summed E-state index contributed by atoms with van der Waals surface area (Å²) < 4.78 is 0.795. The highest BCUT2D eigenvalue weighted by molar-refractivity contribution is 9.10. The van der Waals surface area contributed by atoms with E-state index in [0.29, 0.717) is 16.0 Å². The third-order valence-corrected chi connectivity index (χ3v) is 3.11. The maximum atomic E-state index is 5.94. The van der Waals surface area contributed by atoms with Crippen LogP contribution in [0, 0.1) is 6.92 Å². The van der Waals surface area contributed by atoms with Crippen molar-refractivity contribution < 1.29 is 0 Å². The molecule has 1 rings (SSSR count). The topological polar surface area (TPSA) is 37.0 Å². The first-order chi connectivity index (χ1) is 7.54. The van der Waals surface area contributed by atoms with Crippen LogP contribution in [0.25, 0.3) is 0 Å². The van der Waals surface area contributed by atoms with Gasteiger partial charge in [-0.1, -0.05) is 18.5 Å². The van der Waals surface area contributed by atoms with E-state index in [4.69, 9.17) is 23.8 Å². The largest absolute Gasteiger partial charge is 0.362 e. The minimum atomic E-state index is 0.566. The van der Waals surface area contributed by atoms with Gasteiger partial charge in [-0.3, -0.25) is 0 Å². The van der Waals surface area contributed by atoms with Crippen molar-refractivity contribution in [2.24, 2.45) is 0 Å². The molecule has 0 saturated heterocycles. The molecule has 0 atom stereocenters. The van der Waals surface area contributed by atoms with Gasteiger partial charge in [0.2, 0.25) is 0 Å². The monoisotopic (exact) mass is 321 g/mol. The smallest absolute Gasteiger partial charge is 0.171 e. The Kier molecular flexibility index (Phi) is 5.44. The molecule has 0 radical (unpaired) electrons. The standard InChI is InChI=1S/C10H13BrClN3S/c1-3-4-13-10(16)15-9-7(11)5-8(12)6(2)14-9/h5H,3-4H2,1-2H3,(H2,13,14,15,16). The summed E-state index contributed by atoms with van der Waals surface area (Å²) in [5.41, 5.74) is 0.769. The number of rotatable bonds is 3. The van der Waals surface area contributed by atoms with Gasteiger partial charge in [-0.2, -0.15) is 0 Å². The number of halogens is 2. The van der Waals surface area contributed by atoms with Gasteiger partial charge in [0, 0.05) is 6.54 Å². The molecule has 3 nitrogen and oxygen atoms in total. The van der Waals surface area contributed by atoms with Gasteiger partial charge in [-0.05, 0) is 47.6 Å². The van der Waals surface area contributed by atoms with E-state index >= 15 is 0 Å². The maximum Gasteiger partial charge on any atom is 0.171 e. The highest BCUT2D eigenvalue weighted by Gasteiger charge is 2.07. The molecule has 88 valence electrons. The fraction of sp³-hybridized carbons (Fsp3) is 0.400. The van der Waals surface area contributed by atoms with Crippen LogP contribution in [0.1, 0.15) is 19.0 Å². The van der Waals surface area contributed by atoms with E-state index in [1.54, 1.807) is 6.07 Å². The second kappa shape index (κ2) is 6.37. The van der Waals surface area contributed by atoms with Crippen LogP contribution in [-0.4, -0.2) is 16.6 Å². The molecule has 0 aliphatic heterocycles. The van der Waals surface area contributed by atoms with Crippen LogP contribution in [0.4, 0.5) is 5.82 Å². The summed E-state index contributed by atoms with van der Waals surface area (Å²) in [5.74, 6) is 0.676. The molecule has 0 spiro atoms. The zero-order valence-corrected chi connectivity index (χ0v) is 12.3. The van der Waals surface area contributed by atoms with Crippen molar-refractivity contribution in [1.82, 2.24) is 10.3 Å². The van der Waals surface area contributed by atoms with Crippen LogP contribution >= 0.6 is 39.7 Å². The van der Waals surface area contributed by atoms with Gasteiger partial charge in [0.25, 0.3) is 0 Å². The van der Waals surface area contributed by atoms with Crippen LogP contribution < -0.4 is 10.6 Å². The van der Waals surface area contributed by atoms with E-state index in [2.05, 4.69) is 38.5 Å². The number of nitrogens with zero attached hydrogens (tertiary/aromatic N) is 1. The van der Waals surface area contributed by atoms with Gasteiger partial charge in [0.15, 0.2) is 5.11 Å². The van der Waals surface area contributed by atoms with Crippen LogP contribution in [-0.2, 0) is 0 Å². The van der Waals surface area contributed by atoms with E-state index < -0.39 is 0 Å². The zero-order valence-electron chi connectivity index (χ0n) is 9.10. The Morgan fingerprint density at radius 3 is 2.94 bits per heavy atom. The Bertz CT molecular complexity index is 398. The van der Waals surface area contributed by atoms with Crippen molar-refractivity contribution in [3.05, 3.63) is 21.3 Å². The van der Waals surface area contributed by atoms with Crippen molar-refractivity contribution in [3.8, 4) is 0 Å². The maximum absolute atomic E-state index is 5.94. The summed E-state index contributed by atoms with van der Waals surface area (Å²) in [6.07, 6.45) is 1.02. The second-order valence-corrected chi connectivity index (χ2v) is 4.94. The summed E-state index contributed by atoms with van der Waals surface area (Å²) in [4.78, 5) is 4.30. The summed E-state index contributed by atoms with van der Waals surface area (Å²) in [6.45, 7) is 4.77. The Labute approximate surface area is 114 Å². The average Bonchev–Trinajstić information content (AvgIpc) is 2.23. The van der Waals surface area contributed by atoms with E-state index in [1.807, 2.05) is 6.92 Å². The Morgan fingerprint density at radius 2 is 2.31 bits per heavy atom. The summed E-state index contributed by atoms with van der Waals surface area (Å²) in [6, 6.07) is 1.80. The number of pyridine rings is 1. The minimum absolute atomic E-state index is 0.566. The summed E-state index contributed by atoms with van der Waals surface area (Å²) in [7, 11) is 0. The summed E-state index contributed by atoms with van der Waals surface area (Å²) >= 11 is 14.4. The molecule has 0 amide bonds. The quantitative estimate of drug-likeness (QED) is 0.835. The van der Waals surface area contributed by atoms with E-state index in [1.165, 1.54) is 0 Å². The molecule has 0 bridgehead atoms. The van der Waals surface area contributed by atoms with Gasteiger partial charge < -0.3 is 10.6 Å². The average molecular weight is 323 g/mol. The molecule has 0 aliphatic rings. The lowest BCUT2D eigenvalue weighted by molar-refractivity contribution is 0.846. The fourth-order valence-electron chi connectivity index (χ4n) is 1.04. The first-order valence-corrected chi connectivity index (χ1v) is 6.50. The van der Waals surface area contributed by atoms with Crippen molar-refractivity contribution in [3.63, 3.8) is 0 Å². The van der Waals surface area contributed by atoms with E-state index in [9.17, 15) is 0 Å². The normalized spacial score (nSPS) is 10.0. The van der Waals surface area contributed by atoms with Crippen molar-refractivity contribution >= 4 is 50.7 Å². The van der Waals surface area contributed by atoms with Gasteiger partial charge in [0.05, 0.1) is 15.2 Å². The number of anilines is 1. The molecule has 0 fully saturated rings. The Hall–Kier alpha value is -0.390. The Balaban J connectivity index is 2.73. The third kappa shape index (κ3) is 3.88. The van der Waals surface area contributed by atoms with Crippen molar-refractivity contribution in [2.75, 3.05) is 11.9 Å². The lowest BCUT2D eigenvalue weighted by Gasteiger charge is -2.11. The van der Waals surface area contributed by atoms with Crippen LogP contribution in [0.5, 0.6) is 0 Å². The van der Waals surface area contributed by atoms with Gasteiger partial charge in [-0.15, -0.1) is 0 Å². The van der Waals surface area contributed by atoms with Gasteiger partial charge in [-0.25, -0.2) is 4.98 Å².